The van der Waals surface area contributed by atoms with Gasteiger partial charge in [-0.2, -0.15) is 4.98 Å². The molecular weight excluding hydrogens is 437 g/mol. The number of halogens is 1. The first-order valence-corrected chi connectivity index (χ1v) is 11.1. The summed E-state index contributed by atoms with van der Waals surface area (Å²) in [4.78, 5) is 27.8. The van der Waals surface area contributed by atoms with Gasteiger partial charge in [-0.25, -0.2) is 19.2 Å². The number of carbonyl (C=O) groups is 1. The Morgan fingerprint density at radius 3 is 2.91 bits per heavy atom. The lowest BCUT2D eigenvalue weighted by Gasteiger charge is -2.32. The number of anilines is 1. The topological polar surface area (TPSA) is 101 Å². The number of amides is 2. The van der Waals surface area contributed by atoms with Crippen molar-refractivity contribution >= 4 is 17.8 Å². The Kier molecular flexibility index (Phi) is 5.94. The number of aromatic nitrogens is 4. The van der Waals surface area contributed by atoms with E-state index in [2.05, 4.69) is 20.6 Å². The second kappa shape index (κ2) is 9.34. The standard InChI is InChI=1S/C24H24FN7O2/c1-2-10-27-23(33)31-12-3-4-18(15-31)28-22-26-11-9-19(29-22)21-20(16-5-7-17(25)8-6-16)30-24-32(21)13-14-34-24/h2,5-11,13-14,18H,3-4,12,15H2,1H3,(H,27,33)(H,26,28,29)/b10-2+. The normalized spacial score (nSPS) is 16.3. The Labute approximate surface area is 195 Å². The SMILES string of the molecule is C/C=C/NC(=O)N1CCCC(Nc2nccc(-c3c(-c4ccc(F)cc4)nc4occn34)n2)C1. The average Bonchev–Trinajstić information content (AvgIpc) is 3.45. The summed E-state index contributed by atoms with van der Waals surface area (Å²) in [5, 5.41) is 6.13. The Morgan fingerprint density at radius 2 is 2.09 bits per heavy atom. The minimum Gasteiger partial charge on any atom is -0.432 e. The molecular formula is C24H24FN7O2. The third kappa shape index (κ3) is 4.34. The van der Waals surface area contributed by atoms with Crippen LogP contribution in [0.1, 0.15) is 19.8 Å². The van der Waals surface area contributed by atoms with E-state index in [-0.39, 0.29) is 17.9 Å². The summed E-state index contributed by atoms with van der Waals surface area (Å²) in [6.45, 7) is 3.11. The van der Waals surface area contributed by atoms with Crippen LogP contribution in [0, 0.1) is 5.82 Å². The molecule has 1 unspecified atom stereocenters. The summed E-state index contributed by atoms with van der Waals surface area (Å²) in [5.74, 6) is 0.557. The molecule has 10 heteroatoms. The lowest BCUT2D eigenvalue weighted by molar-refractivity contribution is 0.186. The van der Waals surface area contributed by atoms with Crippen LogP contribution in [0.4, 0.5) is 15.1 Å². The smallest absolute Gasteiger partial charge is 0.321 e. The minimum absolute atomic E-state index is 0.0244. The third-order valence-electron chi connectivity index (χ3n) is 5.69. The second-order valence-electron chi connectivity index (χ2n) is 8.02. The molecule has 0 saturated carbocycles. The van der Waals surface area contributed by atoms with Gasteiger partial charge in [-0.05, 0) is 50.1 Å². The first-order valence-electron chi connectivity index (χ1n) is 11.1. The van der Waals surface area contributed by atoms with E-state index in [0.29, 0.717) is 36.3 Å². The maximum Gasteiger partial charge on any atom is 0.321 e. The van der Waals surface area contributed by atoms with Gasteiger partial charge >= 0.3 is 11.9 Å². The van der Waals surface area contributed by atoms with Crippen LogP contribution in [-0.2, 0) is 0 Å². The molecule has 0 spiro atoms. The van der Waals surface area contributed by atoms with Crippen LogP contribution in [0.25, 0.3) is 28.5 Å². The van der Waals surface area contributed by atoms with E-state index in [1.54, 1.807) is 58.4 Å². The van der Waals surface area contributed by atoms with Crippen LogP contribution in [0.3, 0.4) is 0 Å². The zero-order chi connectivity index (χ0) is 23.5. The van der Waals surface area contributed by atoms with E-state index in [9.17, 15) is 9.18 Å². The highest BCUT2D eigenvalue weighted by molar-refractivity contribution is 5.79. The Hall–Kier alpha value is -4.21. The first-order chi connectivity index (χ1) is 16.6. The van der Waals surface area contributed by atoms with Gasteiger partial charge in [0.25, 0.3) is 0 Å². The molecule has 1 aliphatic heterocycles. The number of hydrogen-bond acceptors (Lipinski definition) is 6. The predicted molar refractivity (Wildman–Crippen MR) is 125 cm³/mol. The maximum atomic E-state index is 13.5. The summed E-state index contributed by atoms with van der Waals surface area (Å²) >= 11 is 0. The maximum absolute atomic E-state index is 13.5. The van der Waals surface area contributed by atoms with E-state index in [1.807, 2.05) is 6.92 Å². The van der Waals surface area contributed by atoms with E-state index in [0.717, 1.165) is 24.1 Å². The van der Waals surface area contributed by atoms with Crippen molar-refractivity contribution in [3.8, 4) is 22.6 Å². The number of allylic oxidation sites excluding steroid dienone is 1. The van der Waals surface area contributed by atoms with Crippen molar-refractivity contribution in [2.24, 2.45) is 0 Å². The first kappa shape index (κ1) is 21.6. The van der Waals surface area contributed by atoms with Gasteiger partial charge in [-0.1, -0.05) is 6.08 Å². The van der Waals surface area contributed by atoms with Crippen molar-refractivity contribution < 1.29 is 13.6 Å². The number of carbonyl (C=O) groups excluding carboxylic acids is 1. The van der Waals surface area contributed by atoms with Crippen molar-refractivity contribution in [2.45, 2.75) is 25.8 Å². The number of nitrogens with one attached hydrogen (secondary N) is 2. The molecule has 1 aromatic carbocycles. The van der Waals surface area contributed by atoms with E-state index in [1.165, 1.54) is 12.1 Å². The summed E-state index contributed by atoms with van der Waals surface area (Å²) in [6.07, 6.45) is 10.2. The van der Waals surface area contributed by atoms with Crippen LogP contribution in [0.5, 0.6) is 0 Å². The van der Waals surface area contributed by atoms with Crippen molar-refractivity contribution in [1.29, 1.82) is 0 Å². The zero-order valence-electron chi connectivity index (χ0n) is 18.6. The highest BCUT2D eigenvalue weighted by atomic mass is 19.1. The van der Waals surface area contributed by atoms with Crippen LogP contribution in [-0.4, -0.2) is 49.4 Å². The van der Waals surface area contributed by atoms with Crippen LogP contribution < -0.4 is 10.6 Å². The Morgan fingerprint density at radius 1 is 1.24 bits per heavy atom. The third-order valence-corrected chi connectivity index (χ3v) is 5.69. The van der Waals surface area contributed by atoms with Gasteiger partial charge in [0.2, 0.25) is 5.95 Å². The van der Waals surface area contributed by atoms with Gasteiger partial charge in [0.05, 0.1) is 5.69 Å². The summed E-state index contributed by atoms with van der Waals surface area (Å²) < 4.78 is 20.8. The molecule has 4 heterocycles. The number of piperidine rings is 1. The fraction of sp³-hybridized carbons (Fsp3) is 0.250. The number of oxazole rings is 1. The lowest BCUT2D eigenvalue weighted by Crippen LogP contribution is -2.48. The molecule has 1 aliphatic rings. The molecule has 34 heavy (non-hydrogen) atoms. The Balaban J connectivity index is 1.42. The number of fused-ring (bicyclic) bond motifs is 1. The Bertz CT molecular complexity index is 1330. The molecule has 1 fully saturated rings. The molecule has 0 bridgehead atoms. The lowest BCUT2D eigenvalue weighted by atomic mass is 10.1. The summed E-state index contributed by atoms with van der Waals surface area (Å²) in [6, 6.07) is 7.85. The number of hydrogen-bond donors (Lipinski definition) is 2. The zero-order valence-corrected chi connectivity index (χ0v) is 18.6. The van der Waals surface area contributed by atoms with Crippen LogP contribution in [0.15, 0.2) is 65.7 Å². The average molecular weight is 462 g/mol. The molecule has 9 nitrogen and oxygen atoms in total. The predicted octanol–water partition coefficient (Wildman–Crippen LogP) is 4.31. The van der Waals surface area contributed by atoms with E-state index < -0.39 is 0 Å². The molecule has 1 atom stereocenters. The monoisotopic (exact) mass is 461 g/mol. The van der Waals surface area contributed by atoms with Gasteiger partial charge in [-0.15, -0.1) is 0 Å². The van der Waals surface area contributed by atoms with Crippen LogP contribution >= 0.6 is 0 Å². The number of benzene rings is 1. The highest BCUT2D eigenvalue weighted by Gasteiger charge is 2.24. The van der Waals surface area contributed by atoms with Gasteiger partial charge in [0.1, 0.15) is 23.5 Å². The quantitative estimate of drug-likeness (QED) is 0.459. The molecule has 0 aliphatic carbocycles. The van der Waals surface area contributed by atoms with Crippen molar-refractivity contribution in [2.75, 3.05) is 18.4 Å². The van der Waals surface area contributed by atoms with Gasteiger partial charge in [0, 0.05) is 43.3 Å². The molecule has 5 rings (SSSR count). The highest BCUT2D eigenvalue weighted by Crippen LogP contribution is 2.32. The summed E-state index contributed by atoms with van der Waals surface area (Å²) in [5.41, 5.74) is 2.74. The minimum atomic E-state index is -0.317. The molecule has 174 valence electrons. The largest absolute Gasteiger partial charge is 0.432 e. The van der Waals surface area contributed by atoms with Crippen LogP contribution in [0.2, 0.25) is 0 Å². The van der Waals surface area contributed by atoms with Crippen molar-refractivity contribution in [1.82, 2.24) is 29.6 Å². The summed E-state index contributed by atoms with van der Waals surface area (Å²) in [7, 11) is 0. The fourth-order valence-corrected chi connectivity index (χ4v) is 4.11. The number of nitrogens with zero attached hydrogens (tertiary/aromatic N) is 5. The number of imidazole rings is 1. The molecule has 3 aromatic heterocycles. The molecule has 4 aromatic rings. The van der Waals surface area contributed by atoms with Gasteiger partial charge in [0.15, 0.2) is 0 Å². The second-order valence-corrected chi connectivity index (χ2v) is 8.02. The molecule has 1 saturated heterocycles. The molecule has 2 amide bonds. The van der Waals surface area contributed by atoms with E-state index in [4.69, 9.17) is 9.40 Å². The van der Waals surface area contributed by atoms with E-state index >= 15 is 0 Å². The van der Waals surface area contributed by atoms with Gasteiger partial charge in [-0.3, -0.25) is 4.40 Å². The molecule has 0 radical (unpaired) electrons. The molecule has 2 N–H and O–H groups in total. The fourth-order valence-electron chi connectivity index (χ4n) is 4.11. The van der Waals surface area contributed by atoms with Crippen molar-refractivity contribution in [3.63, 3.8) is 0 Å². The van der Waals surface area contributed by atoms with Gasteiger partial charge < -0.3 is 20.0 Å². The number of urea groups is 1. The number of likely N-dealkylation sites (tertiary alicyclic amines) is 1. The number of rotatable bonds is 5. The van der Waals surface area contributed by atoms with Crippen molar-refractivity contribution in [3.05, 3.63) is 67.1 Å².